The van der Waals surface area contributed by atoms with E-state index in [0.717, 1.165) is 23.0 Å². The molecule has 152 valence electrons. The Morgan fingerprint density at radius 1 is 1.21 bits per heavy atom. The topological polar surface area (TPSA) is 72.7 Å². The average molecular weight is 425 g/mol. The quantitative estimate of drug-likeness (QED) is 0.280. The zero-order chi connectivity index (χ0) is 21.1. The Hall–Kier alpha value is -2.95. The molecular formula is C18H15F4N5OS. The molecule has 0 radical (unpaired) electrons. The minimum Gasteiger partial charge on any atom is -0.320 e. The summed E-state index contributed by atoms with van der Waals surface area (Å²) in [4.78, 5) is 20.4. The Balaban J connectivity index is 1.71. The van der Waals surface area contributed by atoms with E-state index in [1.807, 2.05) is 25.4 Å². The van der Waals surface area contributed by atoms with Crippen LogP contribution in [-0.2, 0) is 11.3 Å². The van der Waals surface area contributed by atoms with Gasteiger partial charge in [-0.3, -0.25) is 9.48 Å². The molecule has 0 spiro atoms. The lowest BCUT2D eigenvalue weighted by atomic mass is 10.2. The van der Waals surface area contributed by atoms with Gasteiger partial charge in [0.25, 0.3) is 0 Å². The second-order valence-electron chi connectivity index (χ2n) is 5.89. The normalized spacial score (nSPS) is 11.0. The molecular weight excluding hydrogens is 410 g/mol. The molecule has 1 amide bonds. The average Bonchev–Trinajstić information content (AvgIpc) is 3.09. The molecule has 0 unspecified atom stereocenters. The summed E-state index contributed by atoms with van der Waals surface area (Å²) < 4.78 is 55.5. The molecule has 11 heteroatoms. The number of amides is 1. The maximum atomic E-state index is 13.6. The third-order valence-electron chi connectivity index (χ3n) is 3.89. The van der Waals surface area contributed by atoms with E-state index >= 15 is 0 Å². The molecule has 0 atom stereocenters. The molecule has 0 aliphatic carbocycles. The summed E-state index contributed by atoms with van der Waals surface area (Å²) in [5, 5.41) is 6.42. The van der Waals surface area contributed by atoms with Crippen molar-refractivity contribution in [3.63, 3.8) is 0 Å². The van der Waals surface area contributed by atoms with Crippen LogP contribution in [0.1, 0.15) is 12.6 Å². The molecule has 6 nitrogen and oxygen atoms in total. The van der Waals surface area contributed by atoms with E-state index in [1.54, 1.807) is 10.7 Å². The smallest absolute Gasteiger partial charge is 0.235 e. The van der Waals surface area contributed by atoms with Gasteiger partial charge in [0.15, 0.2) is 28.4 Å². The van der Waals surface area contributed by atoms with E-state index in [0.29, 0.717) is 12.2 Å². The molecule has 1 aromatic carbocycles. The van der Waals surface area contributed by atoms with Gasteiger partial charge in [0.2, 0.25) is 5.91 Å². The highest BCUT2D eigenvalue weighted by atomic mass is 32.2. The molecule has 1 N–H and O–H groups in total. The van der Waals surface area contributed by atoms with Crippen LogP contribution in [0.2, 0.25) is 0 Å². The van der Waals surface area contributed by atoms with E-state index in [-0.39, 0.29) is 17.0 Å². The molecule has 0 saturated heterocycles. The number of halogens is 4. The molecule has 0 saturated carbocycles. The van der Waals surface area contributed by atoms with E-state index in [2.05, 4.69) is 15.1 Å². The van der Waals surface area contributed by atoms with Gasteiger partial charge in [-0.05, 0) is 19.9 Å². The third kappa shape index (κ3) is 4.56. The molecule has 2 aromatic heterocycles. The number of hydrogen-bond donors (Lipinski definition) is 1. The lowest BCUT2D eigenvalue weighted by molar-refractivity contribution is -0.113. The number of nitrogens with zero attached hydrogens (tertiary/aromatic N) is 4. The van der Waals surface area contributed by atoms with Crippen molar-refractivity contribution in [2.75, 3.05) is 11.1 Å². The summed E-state index contributed by atoms with van der Waals surface area (Å²) >= 11 is 0.901. The van der Waals surface area contributed by atoms with Gasteiger partial charge in [0.1, 0.15) is 5.69 Å². The fraction of sp³-hybridized carbons (Fsp3) is 0.222. The van der Waals surface area contributed by atoms with Gasteiger partial charge in [-0.15, -0.1) is 0 Å². The largest absolute Gasteiger partial charge is 0.320 e. The van der Waals surface area contributed by atoms with E-state index < -0.39 is 34.9 Å². The highest BCUT2D eigenvalue weighted by Crippen LogP contribution is 2.25. The summed E-state index contributed by atoms with van der Waals surface area (Å²) in [7, 11) is 0. The minimum absolute atomic E-state index is 0.0665. The first-order valence-electron chi connectivity index (χ1n) is 8.43. The second-order valence-corrected chi connectivity index (χ2v) is 6.83. The van der Waals surface area contributed by atoms with Crippen molar-refractivity contribution in [2.24, 2.45) is 0 Å². The van der Waals surface area contributed by atoms with Crippen molar-refractivity contribution in [1.29, 1.82) is 0 Å². The fourth-order valence-electron chi connectivity index (χ4n) is 2.48. The summed E-state index contributed by atoms with van der Waals surface area (Å²) in [6.07, 6.45) is 3.34. The summed E-state index contributed by atoms with van der Waals surface area (Å²) in [5.74, 6) is -7.76. The molecule has 29 heavy (non-hydrogen) atoms. The zero-order valence-corrected chi connectivity index (χ0v) is 16.2. The van der Waals surface area contributed by atoms with Gasteiger partial charge < -0.3 is 5.32 Å². The molecule has 3 rings (SSSR count). The van der Waals surface area contributed by atoms with Crippen molar-refractivity contribution in [3.8, 4) is 11.3 Å². The maximum absolute atomic E-state index is 13.6. The van der Waals surface area contributed by atoms with Gasteiger partial charge in [-0.25, -0.2) is 27.5 Å². The number of hydrogen-bond acceptors (Lipinski definition) is 5. The van der Waals surface area contributed by atoms with Gasteiger partial charge in [-0.1, -0.05) is 11.8 Å². The number of anilines is 1. The number of rotatable bonds is 6. The van der Waals surface area contributed by atoms with Crippen LogP contribution in [0.25, 0.3) is 11.3 Å². The van der Waals surface area contributed by atoms with E-state index in [9.17, 15) is 22.4 Å². The molecule has 0 aliphatic rings. The summed E-state index contributed by atoms with van der Waals surface area (Å²) in [6, 6.07) is 1.76. The number of thioether (sulfide) groups is 1. The van der Waals surface area contributed by atoms with Crippen LogP contribution >= 0.6 is 11.8 Å². The molecule has 3 aromatic rings. The fourth-order valence-corrected chi connectivity index (χ4v) is 3.11. The molecule has 2 heterocycles. The van der Waals surface area contributed by atoms with E-state index in [4.69, 9.17) is 0 Å². The minimum atomic E-state index is -1.68. The van der Waals surface area contributed by atoms with Gasteiger partial charge in [-0.2, -0.15) is 5.10 Å². The Morgan fingerprint density at radius 2 is 1.90 bits per heavy atom. The van der Waals surface area contributed by atoms with Gasteiger partial charge >= 0.3 is 0 Å². The molecule has 0 fully saturated rings. The number of aryl methyl sites for hydroxylation is 2. The van der Waals surface area contributed by atoms with Crippen molar-refractivity contribution in [2.45, 2.75) is 25.5 Å². The SMILES string of the molecule is CCn1cc(-c2ccnc(SCC(=O)Nc3c(F)c(F)cc(F)c3F)n2)c(C)n1. The molecule has 0 aliphatic heterocycles. The van der Waals surface area contributed by atoms with Crippen LogP contribution < -0.4 is 5.32 Å². The van der Waals surface area contributed by atoms with Crippen molar-refractivity contribution in [3.05, 3.63) is 53.5 Å². The van der Waals surface area contributed by atoms with Crippen LogP contribution in [0.15, 0.2) is 29.7 Å². The number of carbonyl (C=O) groups is 1. The predicted molar refractivity (Wildman–Crippen MR) is 99.3 cm³/mol. The Bertz CT molecular complexity index is 1050. The Morgan fingerprint density at radius 3 is 2.52 bits per heavy atom. The Labute approximate surface area is 167 Å². The highest BCUT2D eigenvalue weighted by Gasteiger charge is 2.21. The number of benzene rings is 1. The first kappa shape index (κ1) is 20.8. The first-order chi connectivity index (χ1) is 13.8. The summed E-state index contributed by atoms with van der Waals surface area (Å²) in [5.41, 5.74) is 1.01. The molecule has 0 bridgehead atoms. The lowest BCUT2D eigenvalue weighted by Crippen LogP contribution is -2.17. The Kier molecular flexibility index (Phi) is 6.16. The second kappa shape index (κ2) is 8.60. The van der Waals surface area contributed by atoms with E-state index in [1.165, 1.54) is 6.20 Å². The van der Waals surface area contributed by atoms with Crippen molar-refractivity contribution < 1.29 is 22.4 Å². The third-order valence-corrected chi connectivity index (χ3v) is 4.75. The number of aromatic nitrogens is 4. The predicted octanol–water partition coefficient (Wildman–Crippen LogP) is 3.96. The van der Waals surface area contributed by atoms with Crippen LogP contribution in [-0.4, -0.2) is 31.4 Å². The standard InChI is InChI=1S/C18H15F4N5OS/c1-3-27-7-10(9(2)26-27)13-4-5-23-18(24-13)29-8-14(28)25-17-15(21)11(19)6-12(20)16(17)22/h4-7H,3,8H2,1-2H3,(H,25,28). The summed E-state index contributed by atoms with van der Waals surface area (Å²) in [6.45, 7) is 4.48. The number of nitrogens with one attached hydrogen (secondary N) is 1. The van der Waals surface area contributed by atoms with Gasteiger partial charge in [0, 0.05) is 30.6 Å². The highest BCUT2D eigenvalue weighted by molar-refractivity contribution is 7.99. The van der Waals surface area contributed by atoms with Crippen LogP contribution in [0, 0.1) is 30.2 Å². The van der Waals surface area contributed by atoms with Gasteiger partial charge in [0.05, 0.1) is 17.1 Å². The number of carbonyl (C=O) groups excluding carboxylic acids is 1. The van der Waals surface area contributed by atoms with Crippen LogP contribution in [0.3, 0.4) is 0 Å². The van der Waals surface area contributed by atoms with Crippen molar-refractivity contribution in [1.82, 2.24) is 19.7 Å². The zero-order valence-electron chi connectivity index (χ0n) is 15.3. The van der Waals surface area contributed by atoms with Crippen LogP contribution in [0.5, 0.6) is 0 Å². The van der Waals surface area contributed by atoms with Crippen LogP contribution in [0.4, 0.5) is 23.2 Å². The maximum Gasteiger partial charge on any atom is 0.235 e. The lowest BCUT2D eigenvalue weighted by Gasteiger charge is -2.08. The van der Waals surface area contributed by atoms with Crippen molar-refractivity contribution >= 4 is 23.4 Å². The monoisotopic (exact) mass is 425 g/mol. The first-order valence-corrected chi connectivity index (χ1v) is 9.41.